The van der Waals surface area contributed by atoms with Crippen molar-refractivity contribution in [3.05, 3.63) is 16.9 Å². The highest BCUT2D eigenvalue weighted by atomic mass is 16.5. The van der Waals surface area contributed by atoms with Crippen LogP contribution in [-0.2, 0) is 4.74 Å². The topological polar surface area (TPSA) is 96.4 Å². The first-order valence-electron chi connectivity index (χ1n) is 3.58. The summed E-state index contributed by atoms with van der Waals surface area (Å²) in [4.78, 5) is 27.1. The van der Waals surface area contributed by atoms with Crippen molar-refractivity contribution in [3.8, 4) is 0 Å². The molecule has 0 saturated heterocycles. The lowest BCUT2D eigenvalue weighted by atomic mass is 10.4. The number of aromatic nitrogens is 2. The van der Waals surface area contributed by atoms with Crippen LogP contribution in [0.2, 0.25) is 0 Å². The number of hydrogen-bond acceptors (Lipinski definition) is 5. The first-order chi connectivity index (χ1) is 6.29. The molecule has 7 heteroatoms. The molecule has 7 nitrogen and oxygen atoms in total. The Balaban J connectivity index is 2.80. The Morgan fingerprint density at radius 1 is 1.85 bits per heavy atom. The van der Waals surface area contributed by atoms with E-state index >= 15 is 0 Å². The van der Waals surface area contributed by atoms with Crippen LogP contribution in [0.4, 0.5) is 5.82 Å². The fraction of sp³-hybridized carbons (Fsp3) is 0.333. The number of rotatable bonds is 4. The fourth-order valence-corrected chi connectivity index (χ4v) is 0.781. The molecule has 0 saturated carbocycles. The lowest BCUT2D eigenvalue weighted by molar-refractivity contribution is 0.0521. The monoisotopic (exact) mass is 184 g/mol. The second-order valence-corrected chi connectivity index (χ2v) is 2.05. The Hall–Kier alpha value is -1.92. The van der Waals surface area contributed by atoms with Gasteiger partial charge in [-0.1, -0.05) is 0 Å². The Labute approximate surface area is 73.4 Å². The van der Waals surface area contributed by atoms with Crippen LogP contribution < -0.4 is 5.43 Å². The van der Waals surface area contributed by atoms with Crippen LogP contribution in [0.5, 0.6) is 0 Å². The number of hydrogen-bond donors (Lipinski definition) is 2. The molecule has 0 aromatic carbocycles. The second kappa shape index (κ2) is 4.19. The molecule has 0 aliphatic carbocycles. The predicted molar refractivity (Wildman–Crippen MR) is 44.0 cm³/mol. The summed E-state index contributed by atoms with van der Waals surface area (Å²) in [6.07, 6.45) is 1.26. The van der Waals surface area contributed by atoms with Gasteiger partial charge in [0, 0.05) is 0 Å². The predicted octanol–water partition coefficient (Wildman–Crippen LogP) is 0.680. The van der Waals surface area contributed by atoms with Crippen LogP contribution in [-0.4, -0.2) is 22.5 Å². The van der Waals surface area contributed by atoms with Gasteiger partial charge in [-0.05, 0) is 6.92 Å². The molecule has 0 radical (unpaired) electrons. The Kier molecular flexibility index (Phi) is 2.96. The van der Waals surface area contributed by atoms with Gasteiger partial charge in [-0.15, -0.1) is 4.91 Å². The SMILES string of the molecule is CCOC(=O)c1[nH]cnc1NN=O. The number of esters is 1. The summed E-state index contributed by atoms with van der Waals surface area (Å²) in [7, 11) is 0. The van der Waals surface area contributed by atoms with Crippen LogP contribution in [0.1, 0.15) is 17.4 Å². The van der Waals surface area contributed by atoms with Crippen molar-refractivity contribution < 1.29 is 9.53 Å². The Bertz CT molecular complexity index is 309. The standard InChI is InChI=1S/C6H8N4O3/c1-2-13-6(11)4-5(9-10-12)8-3-7-4/h3H,2H2,1H3,(H,7,8)(H,9,12). The Morgan fingerprint density at radius 3 is 3.23 bits per heavy atom. The summed E-state index contributed by atoms with van der Waals surface area (Å²) >= 11 is 0. The summed E-state index contributed by atoms with van der Waals surface area (Å²) in [5, 5.41) is 2.39. The van der Waals surface area contributed by atoms with Crippen molar-refractivity contribution in [1.29, 1.82) is 0 Å². The van der Waals surface area contributed by atoms with Crippen LogP contribution in [0.15, 0.2) is 11.6 Å². The second-order valence-electron chi connectivity index (χ2n) is 2.05. The highest BCUT2D eigenvalue weighted by Gasteiger charge is 2.14. The molecule has 0 aliphatic rings. The van der Waals surface area contributed by atoms with E-state index in [2.05, 4.69) is 20.0 Å². The average Bonchev–Trinajstić information content (AvgIpc) is 2.54. The third-order valence-electron chi connectivity index (χ3n) is 1.27. The summed E-state index contributed by atoms with van der Waals surface area (Å²) in [6.45, 7) is 1.94. The smallest absolute Gasteiger partial charge is 0.358 e. The van der Waals surface area contributed by atoms with Crippen LogP contribution >= 0.6 is 0 Å². The molecule has 1 aromatic heterocycles. The zero-order valence-corrected chi connectivity index (χ0v) is 6.90. The number of carbonyl (C=O) groups is 1. The molecule has 0 atom stereocenters. The number of imidazole rings is 1. The number of H-pyrrole nitrogens is 1. The zero-order valence-electron chi connectivity index (χ0n) is 6.90. The molecule has 0 bridgehead atoms. The van der Waals surface area contributed by atoms with Gasteiger partial charge < -0.3 is 9.72 Å². The molecule has 70 valence electrons. The van der Waals surface area contributed by atoms with E-state index in [1.165, 1.54) is 6.33 Å². The van der Waals surface area contributed by atoms with Gasteiger partial charge in [0.1, 0.15) is 0 Å². The molecule has 0 amide bonds. The number of carbonyl (C=O) groups excluding carboxylic acids is 1. The minimum absolute atomic E-state index is 0.0634. The van der Waals surface area contributed by atoms with E-state index in [0.29, 0.717) is 0 Å². The zero-order chi connectivity index (χ0) is 9.68. The molecular formula is C6H8N4O3. The van der Waals surface area contributed by atoms with E-state index in [1.54, 1.807) is 6.92 Å². The van der Waals surface area contributed by atoms with E-state index < -0.39 is 5.97 Å². The molecule has 1 heterocycles. The summed E-state index contributed by atoms with van der Waals surface area (Å²) in [5.74, 6) is -0.514. The van der Waals surface area contributed by atoms with Gasteiger partial charge in [-0.2, -0.15) is 0 Å². The number of aromatic amines is 1. The average molecular weight is 184 g/mol. The number of nitrogens with one attached hydrogen (secondary N) is 2. The van der Waals surface area contributed by atoms with E-state index in [0.717, 1.165) is 0 Å². The number of nitrogens with zero attached hydrogens (tertiary/aromatic N) is 2. The number of nitroso groups, excluding NO2 is 1. The first-order valence-corrected chi connectivity index (χ1v) is 3.58. The quantitative estimate of drug-likeness (QED) is 0.407. The molecular weight excluding hydrogens is 176 g/mol. The molecule has 0 fully saturated rings. The van der Waals surface area contributed by atoms with Gasteiger partial charge in [-0.3, -0.25) is 0 Å². The molecule has 0 unspecified atom stereocenters. The largest absolute Gasteiger partial charge is 0.461 e. The van der Waals surface area contributed by atoms with Gasteiger partial charge in [0.15, 0.2) is 11.5 Å². The maximum absolute atomic E-state index is 11.1. The summed E-state index contributed by atoms with van der Waals surface area (Å²) in [5.41, 5.74) is 2.11. The van der Waals surface area contributed by atoms with Crippen molar-refractivity contribution in [2.45, 2.75) is 6.92 Å². The third kappa shape index (κ3) is 2.01. The Morgan fingerprint density at radius 2 is 2.62 bits per heavy atom. The highest BCUT2D eigenvalue weighted by molar-refractivity contribution is 5.92. The maximum Gasteiger partial charge on any atom is 0.358 e. The minimum Gasteiger partial charge on any atom is -0.461 e. The van der Waals surface area contributed by atoms with E-state index in [1.807, 2.05) is 5.43 Å². The fourth-order valence-electron chi connectivity index (χ4n) is 0.781. The van der Waals surface area contributed by atoms with Crippen LogP contribution in [0.3, 0.4) is 0 Å². The van der Waals surface area contributed by atoms with Crippen molar-refractivity contribution in [2.24, 2.45) is 5.29 Å². The van der Waals surface area contributed by atoms with E-state index in [-0.39, 0.29) is 18.1 Å². The van der Waals surface area contributed by atoms with Gasteiger partial charge in [0.25, 0.3) is 0 Å². The normalized spacial score (nSPS) is 9.31. The minimum atomic E-state index is -0.578. The lowest BCUT2D eigenvalue weighted by Crippen LogP contribution is -2.07. The van der Waals surface area contributed by atoms with Crippen molar-refractivity contribution in [1.82, 2.24) is 9.97 Å². The van der Waals surface area contributed by atoms with E-state index in [9.17, 15) is 9.70 Å². The molecule has 1 rings (SSSR count). The van der Waals surface area contributed by atoms with E-state index in [4.69, 9.17) is 0 Å². The number of anilines is 1. The molecule has 2 N–H and O–H groups in total. The van der Waals surface area contributed by atoms with Crippen LogP contribution in [0, 0.1) is 4.91 Å². The molecule has 13 heavy (non-hydrogen) atoms. The molecule has 1 aromatic rings. The summed E-state index contributed by atoms with van der Waals surface area (Å²) < 4.78 is 4.68. The maximum atomic E-state index is 11.1. The first kappa shape index (κ1) is 9.17. The third-order valence-corrected chi connectivity index (χ3v) is 1.27. The van der Waals surface area contributed by atoms with Crippen LogP contribution in [0.25, 0.3) is 0 Å². The van der Waals surface area contributed by atoms with Gasteiger partial charge in [0.05, 0.1) is 18.2 Å². The van der Waals surface area contributed by atoms with Gasteiger partial charge >= 0.3 is 5.97 Å². The summed E-state index contributed by atoms with van der Waals surface area (Å²) in [6, 6.07) is 0. The van der Waals surface area contributed by atoms with Gasteiger partial charge in [-0.25, -0.2) is 15.2 Å². The molecule has 0 spiro atoms. The number of ether oxygens (including phenoxy) is 1. The van der Waals surface area contributed by atoms with Crippen molar-refractivity contribution >= 4 is 11.8 Å². The lowest BCUT2D eigenvalue weighted by Gasteiger charge is -1.99. The molecule has 0 aliphatic heterocycles. The van der Waals surface area contributed by atoms with Crippen molar-refractivity contribution in [3.63, 3.8) is 0 Å². The highest BCUT2D eigenvalue weighted by Crippen LogP contribution is 2.10. The van der Waals surface area contributed by atoms with Crippen molar-refractivity contribution in [2.75, 3.05) is 12.0 Å². The van der Waals surface area contributed by atoms with Gasteiger partial charge in [0.2, 0.25) is 0 Å².